The summed E-state index contributed by atoms with van der Waals surface area (Å²) in [6.45, 7) is 2.86. The van der Waals surface area contributed by atoms with Crippen molar-refractivity contribution in [3.63, 3.8) is 0 Å². The van der Waals surface area contributed by atoms with Gasteiger partial charge in [0.25, 0.3) is 0 Å². The first-order valence-corrected chi connectivity index (χ1v) is 6.67. The molecule has 2 N–H and O–H groups in total. The molecule has 1 aliphatic heterocycles. The van der Waals surface area contributed by atoms with Crippen molar-refractivity contribution in [3.05, 3.63) is 30.1 Å². The summed E-state index contributed by atoms with van der Waals surface area (Å²) in [5.41, 5.74) is 7.00. The summed E-state index contributed by atoms with van der Waals surface area (Å²) in [7, 11) is 0. The smallest absolute Gasteiger partial charge is 0.224 e. The van der Waals surface area contributed by atoms with Crippen LogP contribution in [0.2, 0.25) is 0 Å². The fourth-order valence-electron chi connectivity index (χ4n) is 2.47. The number of nitrogens with two attached hydrogens (primary N) is 1. The van der Waals surface area contributed by atoms with Crippen LogP contribution in [0, 0.1) is 0 Å². The molecule has 1 amide bonds. The second-order valence-electron chi connectivity index (χ2n) is 4.90. The molecule has 2 atom stereocenters. The number of likely N-dealkylation sites (tertiary alicyclic amines) is 1. The van der Waals surface area contributed by atoms with Crippen LogP contribution in [0.25, 0.3) is 0 Å². The molecule has 1 aromatic heterocycles. The molecule has 2 heterocycles. The Labute approximate surface area is 108 Å². The van der Waals surface area contributed by atoms with Gasteiger partial charge in [0, 0.05) is 31.4 Å². The second-order valence-corrected chi connectivity index (χ2v) is 4.90. The Morgan fingerprint density at radius 3 is 3.17 bits per heavy atom. The molecule has 1 aromatic rings. The maximum Gasteiger partial charge on any atom is 0.224 e. The maximum atomic E-state index is 12.2. The number of aromatic nitrogens is 1. The third-order valence-corrected chi connectivity index (χ3v) is 3.60. The lowest BCUT2D eigenvalue weighted by molar-refractivity contribution is -0.132. The zero-order valence-electron chi connectivity index (χ0n) is 10.9. The maximum absolute atomic E-state index is 12.2. The number of carbonyl (C=O) groups is 1. The van der Waals surface area contributed by atoms with Gasteiger partial charge in [-0.1, -0.05) is 13.0 Å². The van der Waals surface area contributed by atoms with Crippen LogP contribution in [-0.4, -0.2) is 28.4 Å². The van der Waals surface area contributed by atoms with Crippen molar-refractivity contribution in [2.75, 3.05) is 6.54 Å². The lowest BCUT2D eigenvalue weighted by Crippen LogP contribution is -2.35. The average Bonchev–Trinajstić information content (AvgIpc) is 2.88. The Kier molecular flexibility index (Phi) is 4.31. The van der Waals surface area contributed by atoms with Crippen molar-refractivity contribution in [1.29, 1.82) is 0 Å². The van der Waals surface area contributed by atoms with Crippen LogP contribution in [0.1, 0.15) is 44.2 Å². The molecule has 98 valence electrons. The van der Waals surface area contributed by atoms with Gasteiger partial charge in [0.05, 0.1) is 6.04 Å². The minimum absolute atomic E-state index is 0.0207. The summed E-state index contributed by atoms with van der Waals surface area (Å²) in [4.78, 5) is 18.3. The minimum atomic E-state index is -0.0207. The summed E-state index contributed by atoms with van der Waals surface area (Å²) >= 11 is 0. The van der Waals surface area contributed by atoms with Gasteiger partial charge in [0.15, 0.2) is 0 Å². The van der Waals surface area contributed by atoms with Gasteiger partial charge in [0.1, 0.15) is 0 Å². The second kappa shape index (κ2) is 5.96. The normalized spacial score (nSPS) is 21.0. The molecular weight excluding hydrogens is 226 g/mol. The highest BCUT2D eigenvalue weighted by Gasteiger charge is 2.30. The molecule has 1 fully saturated rings. The van der Waals surface area contributed by atoms with Gasteiger partial charge in [-0.25, -0.2) is 0 Å². The van der Waals surface area contributed by atoms with Crippen LogP contribution in [0.4, 0.5) is 0 Å². The first-order valence-electron chi connectivity index (χ1n) is 6.67. The lowest BCUT2D eigenvalue weighted by atomic mass is 10.1. The van der Waals surface area contributed by atoms with E-state index in [0.717, 1.165) is 31.4 Å². The molecule has 0 saturated carbocycles. The predicted octanol–water partition coefficient (Wildman–Crippen LogP) is 1.87. The quantitative estimate of drug-likeness (QED) is 0.883. The number of rotatable bonds is 4. The summed E-state index contributed by atoms with van der Waals surface area (Å²) in [6.07, 6.45) is 7.00. The van der Waals surface area contributed by atoms with Gasteiger partial charge in [-0.2, -0.15) is 0 Å². The van der Waals surface area contributed by atoms with E-state index in [1.54, 1.807) is 6.20 Å². The summed E-state index contributed by atoms with van der Waals surface area (Å²) in [5.74, 6) is 0.177. The zero-order valence-corrected chi connectivity index (χ0v) is 10.9. The van der Waals surface area contributed by atoms with E-state index in [0.29, 0.717) is 6.42 Å². The third-order valence-electron chi connectivity index (χ3n) is 3.60. The summed E-state index contributed by atoms with van der Waals surface area (Å²) < 4.78 is 0. The number of hydrogen-bond donors (Lipinski definition) is 1. The van der Waals surface area contributed by atoms with Crippen molar-refractivity contribution >= 4 is 5.91 Å². The topological polar surface area (TPSA) is 59.2 Å². The van der Waals surface area contributed by atoms with Crippen molar-refractivity contribution in [2.45, 2.75) is 44.7 Å². The molecule has 18 heavy (non-hydrogen) atoms. The SMILES string of the molecule is CCC(N)CC(=O)N1CCCC1c1cccnc1. The van der Waals surface area contributed by atoms with Gasteiger partial charge in [-0.05, 0) is 30.9 Å². The molecule has 4 nitrogen and oxygen atoms in total. The molecule has 2 rings (SSSR count). The number of hydrogen-bond acceptors (Lipinski definition) is 3. The first-order chi connectivity index (χ1) is 8.72. The molecule has 0 radical (unpaired) electrons. The molecule has 1 aliphatic rings. The van der Waals surface area contributed by atoms with Crippen molar-refractivity contribution < 1.29 is 4.79 Å². The highest BCUT2D eigenvalue weighted by Crippen LogP contribution is 2.31. The van der Waals surface area contributed by atoms with E-state index in [9.17, 15) is 4.79 Å². The van der Waals surface area contributed by atoms with E-state index < -0.39 is 0 Å². The molecule has 0 spiro atoms. The predicted molar refractivity (Wildman–Crippen MR) is 70.8 cm³/mol. The van der Waals surface area contributed by atoms with E-state index in [1.807, 2.05) is 30.2 Å². The Bertz CT molecular complexity index is 393. The summed E-state index contributed by atoms with van der Waals surface area (Å²) in [6, 6.07) is 4.14. The lowest BCUT2D eigenvalue weighted by Gasteiger charge is -2.26. The van der Waals surface area contributed by atoms with Crippen LogP contribution in [0.15, 0.2) is 24.5 Å². The van der Waals surface area contributed by atoms with Gasteiger partial charge in [-0.3, -0.25) is 9.78 Å². The standard InChI is InChI=1S/C14H21N3O/c1-2-12(15)9-14(18)17-8-4-6-13(17)11-5-3-7-16-10-11/h3,5,7,10,12-13H,2,4,6,8-9,15H2,1H3. The van der Waals surface area contributed by atoms with Gasteiger partial charge >= 0.3 is 0 Å². The van der Waals surface area contributed by atoms with E-state index in [-0.39, 0.29) is 18.0 Å². The number of carbonyl (C=O) groups excluding carboxylic acids is 1. The highest BCUT2D eigenvalue weighted by atomic mass is 16.2. The fraction of sp³-hybridized carbons (Fsp3) is 0.571. The van der Waals surface area contributed by atoms with E-state index in [1.165, 1.54) is 0 Å². The van der Waals surface area contributed by atoms with Gasteiger partial charge < -0.3 is 10.6 Å². The van der Waals surface area contributed by atoms with Crippen molar-refractivity contribution in [2.24, 2.45) is 5.73 Å². The van der Waals surface area contributed by atoms with E-state index in [2.05, 4.69) is 4.98 Å². The average molecular weight is 247 g/mol. The van der Waals surface area contributed by atoms with Crippen LogP contribution < -0.4 is 5.73 Å². The van der Waals surface area contributed by atoms with Crippen molar-refractivity contribution in [1.82, 2.24) is 9.88 Å². The van der Waals surface area contributed by atoms with E-state index in [4.69, 9.17) is 5.73 Å². The molecular formula is C14H21N3O. The third kappa shape index (κ3) is 2.88. The summed E-state index contributed by atoms with van der Waals surface area (Å²) in [5, 5.41) is 0. The van der Waals surface area contributed by atoms with Crippen LogP contribution in [0.3, 0.4) is 0 Å². The Hall–Kier alpha value is -1.42. The Morgan fingerprint density at radius 1 is 1.67 bits per heavy atom. The largest absolute Gasteiger partial charge is 0.336 e. The molecule has 4 heteroatoms. The van der Waals surface area contributed by atoms with Crippen molar-refractivity contribution in [3.8, 4) is 0 Å². The highest BCUT2D eigenvalue weighted by molar-refractivity contribution is 5.77. The minimum Gasteiger partial charge on any atom is -0.336 e. The number of pyridine rings is 1. The Balaban J connectivity index is 2.06. The number of nitrogens with zero attached hydrogens (tertiary/aromatic N) is 2. The monoisotopic (exact) mass is 247 g/mol. The first kappa shape index (κ1) is 13.0. The van der Waals surface area contributed by atoms with Crippen LogP contribution in [0.5, 0.6) is 0 Å². The number of amides is 1. The molecule has 1 saturated heterocycles. The molecule has 0 aliphatic carbocycles. The molecule has 0 bridgehead atoms. The van der Waals surface area contributed by atoms with Gasteiger partial charge in [-0.15, -0.1) is 0 Å². The zero-order chi connectivity index (χ0) is 13.0. The van der Waals surface area contributed by atoms with Crippen LogP contribution in [-0.2, 0) is 4.79 Å². The fourth-order valence-corrected chi connectivity index (χ4v) is 2.47. The van der Waals surface area contributed by atoms with Crippen LogP contribution >= 0.6 is 0 Å². The van der Waals surface area contributed by atoms with Gasteiger partial charge in [0.2, 0.25) is 5.91 Å². The molecule has 0 aromatic carbocycles. The van der Waals surface area contributed by atoms with E-state index >= 15 is 0 Å². The molecule has 2 unspecified atom stereocenters. The Morgan fingerprint density at radius 2 is 2.50 bits per heavy atom.